The Kier molecular flexibility index (Phi) is 6.68. The van der Waals surface area contributed by atoms with Crippen LogP contribution in [0.3, 0.4) is 0 Å². The van der Waals surface area contributed by atoms with Gasteiger partial charge < -0.3 is 19.5 Å². The van der Waals surface area contributed by atoms with Gasteiger partial charge in [-0.25, -0.2) is 0 Å². The van der Waals surface area contributed by atoms with E-state index in [0.717, 1.165) is 11.1 Å². The molecule has 6 heteroatoms. The maximum Gasteiger partial charge on any atom is 0.295 e. The average Bonchev–Trinajstić information content (AvgIpc) is 3.01. The number of benzene rings is 2. The third kappa shape index (κ3) is 4.15. The topological polar surface area (TPSA) is 76.1 Å². The van der Waals surface area contributed by atoms with E-state index in [2.05, 4.69) is 0 Å². The van der Waals surface area contributed by atoms with Crippen LogP contribution in [0, 0.1) is 13.8 Å². The lowest BCUT2D eigenvalue weighted by Crippen LogP contribution is -2.30. The summed E-state index contributed by atoms with van der Waals surface area (Å²) in [5.41, 5.74) is 3.36. The Hall–Kier alpha value is -3.28. The molecule has 2 aromatic carbocycles. The zero-order valence-corrected chi connectivity index (χ0v) is 18.7. The lowest BCUT2D eigenvalue weighted by molar-refractivity contribution is -0.139. The van der Waals surface area contributed by atoms with Crippen LogP contribution in [0.25, 0.3) is 5.76 Å². The van der Waals surface area contributed by atoms with Crippen molar-refractivity contribution in [3.8, 4) is 11.5 Å². The van der Waals surface area contributed by atoms with Gasteiger partial charge in [0.1, 0.15) is 5.76 Å². The molecule has 0 aliphatic carbocycles. The van der Waals surface area contributed by atoms with Crippen LogP contribution in [0.5, 0.6) is 11.5 Å². The van der Waals surface area contributed by atoms with E-state index in [4.69, 9.17) is 9.47 Å². The van der Waals surface area contributed by atoms with E-state index in [1.54, 1.807) is 31.4 Å². The van der Waals surface area contributed by atoms with E-state index in [9.17, 15) is 14.7 Å². The summed E-state index contributed by atoms with van der Waals surface area (Å²) in [5, 5.41) is 11.1. The van der Waals surface area contributed by atoms with Crippen LogP contribution < -0.4 is 9.47 Å². The average molecular weight is 424 g/mol. The van der Waals surface area contributed by atoms with E-state index in [-0.39, 0.29) is 11.3 Å². The van der Waals surface area contributed by atoms with Gasteiger partial charge in [-0.05, 0) is 62.1 Å². The summed E-state index contributed by atoms with van der Waals surface area (Å²) >= 11 is 0. The molecule has 164 valence electrons. The molecule has 0 aromatic heterocycles. The SMILES string of the molecule is CCCN1C(=O)C(=O)/C(=C(\O)c2ccc(C)c(C)c2)C1c1ccc(OCC)c(OC)c1. The van der Waals surface area contributed by atoms with Crippen LogP contribution in [-0.4, -0.2) is 42.0 Å². The summed E-state index contributed by atoms with van der Waals surface area (Å²) in [5.74, 6) is -0.368. The number of nitrogens with zero attached hydrogens (tertiary/aromatic N) is 1. The van der Waals surface area contributed by atoms with Gasteiger partial charge in [0.05, 0.1) is 25.3 Å². The van der Waals surface area contributed by atoms with Gasteiger partial charge in [-0.1, -0.05) is 25.1 Å². The largest absolute Gasteiger partial charge is 0.507 e. The molecule has 1 amide bonds. The van der Waals surface area contributed by atoms with Crippen LogP contribution in [0.2, 0.25) is 0 Å². The number of Topliss-reactive ketones (excluding diaryl/α,β-unsaturated/α-hetero) is 1. The first-order chi connectivity index (χ1) is 14.8. The Morgan fingerprint density at radius 2 is 1.77 bits per heavy atom. The minimum absolute atomic E-state index is 0.0907. The molecule has 1 atom stereocenters. The Morgan fingerprint density at radius 1 is 1.03 bits per heavy atom. The lowest BCUT2D eigenvalue weighted by Gasteiger charge is -2.25. The van der Waals surface area contributed by atoms with Gasteiger partial charge in [-0.15, -0.1) is 0 Å². The van der Waals surface area contributed by atoms with Crippen molar-refractivity contribution >= 4 is 17.4 Å². The maximum atomic E-state index is 13.0. The third-order valence-electron chi connectivity index (χ3n) is 5.59. The Balaban J connectivity index is 2.20. The van der Waals surface area contributed by atoms with Crippen molar-refractivity contribution in [2.45, 2.75) is 40.2 Å². The molecule has 1 aliphatic rings. The number of hydrogen-bond acceptors (Lipinski definition) is 5. The highest BCUT2D eigenvalue weighted by Gasteiger charge is 2.45. The number of ketones is 1. The Labute approximate surface area is 183 Å². The quantitative estimate of drug-likeness (QED) is 0.402. The molecule has 3 rings (SSSR count). The molecular formula is C25H29NO5. The van der Waals surface area contributed by atoms with Gasteiger partial charge in [-0.3, -0.25) is 9.59 Å². The minimum atomic E-state index is -0.703. The van der Waals surface area contributed by atoms with Gasteiger partial charge in [0.25, 0.3) is 11.7 Å². The number of amides is 1. The van der Waals surface area contributed by atoms with Crippen molar-refractivity contribution in [1.82, 2.24) is 4.90 Å². The minimum Gasteiger partial charge on any atom is -0.507 e. The predicted molar refractivity (Wildman–Crippen MR) is 119 cm³/mol. The summed E-state index contributed by atoms with van der Waals surface area (Å²) in [6.07, 6.45) is 0.682. The molecule has 0 spiro atoms. The standard InChI is InChI=1S/C25H29NO5/c1-6-12-26-22(17-10-11-19(31-7-2)20(14-17)30-5)21(24(28)25(26)29)23(27)18-9-8-15(3)16(4)13-18/h8-11,13-14,22,27H,6-7,12H2,1-5H3/b23-21-. The fourth-order valence-electron chi connectivity index (χ4n) is 3.87. The van der Waals surface area contributed by atoms with Crippen LogP contribution in [-0.2, 0) is 9.59 Å². The van der Waals surface area contributed by atoms with Crippen LogP contribution >= 0.6 is 0 Å². The van der Waals surface area contributed by atoms with Crippen LogP contribution in [0.15, 0.2) is 42.0 Å². The number of aliphatic hydroxyl groups excluding tert-OH is 1. The molecule has 1 heterocycles. The Morgan fingerprint density at radius 3 is 2.39 bits per heavy atom. The van der Waals surface area contributed by atoms with Crippen molar-refractivity contribution in [2.75, 3.05) is 20.3 Å². The predicted octanol–water partition coefficient (Wildman–Crippen LogP) is 4.54. The Bertz CT molecular complexity index is 1040. The summed E-state index contributed by atoms with van der Waals surface area (Å²) in [4.78, 5) is 27.4. The summed E-state index contributed by atoms with van der Waals surface area (Å²) in [6.45, 7) is 8.62. The van der Waals surface area contributed by atoms with E-state index in [0.29, 0.717) is 42.2 Å². The second kappa shape index (κ2) is 9.25. The molecule has 6 nitrogen and oxygen atoms in total. The van der Waals surface area contributed by atoms with Crippen LogP contribution in [0.4, 0.5) is 0 Å². The number of ether oxygens (including phenoxy) is 2. The lowest BCUT2D eigenvalue weighted by atomic mass is 9.94. The smallest absolute Gasteiger partial charge is 0.295 e. The number of aliphatic hydroxyl groups is 1. The summed E-state index contributed by atoms with van der Waals surface area (Å²) in [7, 11) is 1.54. The highest BCUT2D eigenvalue weighted by atomic mass is 16.5. The number of hydrogen-bond donors (Lipinski definition) is 1. The molecule has 1 fully saturated rings. The number of carbonyl (C=O) groups is 2. The first kappa shape index (κ1) is 22.4. The molecule has 31 heavy (non-hydrogen) atoms. The highest BCUT2D eigenvalue weighted by Crippen LogP contribution is 2.42. The van der Waals surface area contributed by atoms with Crippen molar-refractivity contribution in [3.63, 3.8) is 0 Å². The monoisotopic (exact) mass is 423 g/mol. The second-order valence-electron chi connectivity index (χ2n) is 7.63. The van der Waals surface area contributed by atoms with Gasteiger partial charge in [0, 0.05) is 12.1 Å². The zero-order valence-electron chi connectivity index (χ0n) is 18.7. The van der Waals surface area contributed by atoms with Crippen molar-refractivity contribution in [3.05, 3.63) is 64.2 Å². The molecule has 0 bridgehead atoms. The maximum absolute atomic E-state index is 13.0. The number of likely N-dealkylation sites (tertiary alicyclic amines) is 1. The van der Waals surface area contributed by atoms with Gasteiger partial charge in [-0.2, -0.15) is 0 Å². The summed E-state index contributed by atoms with van der Waals surface area (Å²) < 4.78 is 11.1. The zero-order chi connectivity index (χ0) is 22.7. The fraction of sp³-hybridized carbons (Fsp3) is 0.360. The first-order valence-electron chi connectivity index (χ1n) is 10.5. The van der Waals surface area contributed by atoms with Gasteiger partial charge in [0.2, 0.25) is 0 Å². The number of aryl methyl sites for hydroxylation is 2. The van der Waals surface area contributed by atoms with E-state index >= 15 is 0 Å². The molecule has 1 N–H and O–H groups in total. The van der Waals surface area contributed by atoms with E-state index in [1.165, 1.54) is 4.90 Å². The number of rotatable bonds is 7. The van der Waals surface area contributed by atoms with Crippen molar-refractivity contribution in [2.24, 2.45) is 0 Å². The van der Waals surface area contributed by atoms with Gasteiger partial charge in [0.15, 0.2) is 11.5 Å². The molecular weight excluding hydrogens is 394 g/mol. The molecule has 1 unspecified atom stereocenters. The number of methoxy groups -OCH3 is 1. The van der Waals surface area contributed by atoms with Crippen molar-refractivity contribution in [1.29, 1.82) is 0 Å². The van der Waals surface area contributed by atoms with Crippen molar-refractivity contribution < 1.29 is 24.2 Å². The molecule has 0 saturated carbocycles. The molecule has 2 aromatic rings. The van der Waals surface area contributed by atoms with Gasteiger partial charge >= 0.3 is 0 Å². The molecule has 1 saturated heterocycles. The van der Waals surface area contributed by atoms with Crippen LogP contribution in [0.1, 0.15) is 48.6 Å². The van der Waals surface area contributed by atoms with E-state index in [1.807, 2.05) is 39.8 Å². The summed E-state index contributed by atoms with van der Waals surface area (Å²) in [6, 6.07) is 10.1. The van der Waals surface area contributed by atoms with E-state index < -0.39 is 17.7 Å². The third-order valence-corrected chi connectivity index (χ3v) is 5.59. The highest BCUT2D eigenvalue weighted by molar-refractivity contribution is 6.46. The molecule has 1 aliphatic heterocycles. The first-order valence-corrected chi connectivity index (χ1v) is 10.5. The molecule has 0 radical (unpaired) electrons. The normalized spacial score (nSPS) is 17.8. The number of carbonyl (C=O) groups excluding carboxylic acids is 2. The second-order valence-corrected chi connectivity index (χ2v) is 7.63. The fourth-order valence-corrected chi connectivity index (χ4v) is 3.87.